The van der Waals surface area contributed by atoms with E-state index in [0.717, 1.165) is 22.7 Å². The van der Waals surface area contributed by atoms with Gasteiger partial charge in [0.05, 0.1) is 24.8 Å². The van der Waals surface area contributed by atoms with E-state index in [1.165, 1.54) is 11.8 Å². The lowest BCUT2D eigenvalue weighted by molar-refractivity contribution is -0.129. The second kappa shape index (κ2) is 6.96. The number of amides is 1. The third kappa shape index (κ3) is 3.00. The molecule has 0 atom stereocenters. The van der Waals surface area contributed by atoms with Crippen LogP contribution >= 0.6 is 11.8 Å². The predicted molar refractivity (Wildman–Crippen MR) is 103 cm³/mol. The van der Waals surface area contributed by atoms with E-state index in [9.17, 15) is 9.59 Å². The second-order valence-corrected chi connectivity index (χ2v) is 7.71. The Morgan fingerprint density at radius 2 is 1.85 bits per heavy atom. The molecule has 7 heteroatoms. The first-order chi connectivity index (χ1) is 13.1. The number of Topliss-reactive ketones (excluding diaryl/α,β-unsaturated/α-hetero) is 1. The second-order valence-electron chi connectivity index (χ2n) is 6.94. The number of aromatic nitrogens is 2. The van der Waals surface area contributed by atoms with Crippen LogP contribution < -0.4 is 9.64 Å². The number of carbonyl (C=O) groups excluding carboxylic acids is 2. The maximum Gasteiger partial charge on any atom is 0.239 e. The fraction of sp³-hybridized carbons (Fsp3) is 0.400. The molecule has 2 aromatic rings. The van der Waals surface area contributed by atoms with Gasteiger partial charge >= 0.3 is 0 Å². The van der Waals surface area contributed by atoms with Crippen molar-refractivity contribution in [3.05, 3.63) is 41.7 Å². The van der Waals surface area contributed by atoms with Crippen LogP contribution in [0.4, 0.5) is 5.69 Å². The number of nitrogens with zero attached hydrogens (tertiary/aromatic N) is 3. The number of fused-ring (bicyclic) bond motifs is 2. The van der Waals surface area contributed by atoms with E-state index < -0.39 is 5.41 Å². The quantitative estimate of drug-likeness (QED) is 0.599. The van der Waals surface area contributed by atoms with Crippen molar-refractivity contribution in [1.29, 1.82) is 0 Å². The minimum absolute atomic E-state index is 0.0263. The van der Waals surface area contributed by atoms with Crippen LogP contribution in [0.1, 0.15) is 36.9 Å². The Morgan fingerprint density at radius 1 is 1.15 bits per heavy atom. The van der Waals surface area contributed by atoms with E-state index in [1.54, 1.807) is 12.0 Å². The summed E-state index contributed by atoms with van der Waals surface area (Å²) in [4.78, 5) is 36.4. The molecule has 2 heterocycles. The van der Waals surface area contributed by atoms with E-state index in [-0.39, 0.29) is 11.7 Å². The van der Waals surface area contributed by atoms with Crippen LogP contribution in [0.25, 0.3) is 0 Å². The van der Waals surface area contributed by atoms with Crippen molar-refractivity contribution >= 4 is 29.1 Å². The smallest absolute Gasteiger partial charge is 0.239 e. The standard InChI is InChI=1S/C20H21N3O3S/c1-26-16-5-3-14(4-6-16)23-12-13-11-21-19(27-2)22-17(13)20(18(23)25)9-7-15(24)8-10-20/h3-6,11H,7-10,12H2,1-2H3. The number of hydrogen-bond donors (Lipinski definition) is 0. The van der Waals surface area contributed by atoms with Gasteiger partial charge in [0.15, 0.2) is 5.16 Å². The molecule has 2 aliphatic rings. The number of ketones is 1. The molecule has 1 aromatic carbocycles. The Labute approximate surface area is 162 Å². The topological polar surface area (TPSA) is 72.4 Å². The number of rotatable bonds is 3. The van der Waals surface area contributed by atoms with Crippen molar-refractivity contribution < 1.29 is 14.3 Å². The van der Waals surface area contributed by atoms with E-state index >= 15 is 0 Å². The summed E-state index contributed by atoms with van der Waals surface area (Å²) < 4.78 is 5.22. The molecule has 1 spiro atoms. The molecule has 0 radical (unpaired) electrons. The van der Waals surface area contributed by atoms with Gasteiger partial charge in [-0.3, -0.25) is 9.59 Å². The molecular weight excluding hydrogens is 362 g/mol. The molecule has 6 nitrogen and oxygen atoms in total. The normalized spacial score (nSPS) is 18.5. The molecule has 0 bridgehead atoms. The van der Waals surface area contributed by atoms with Crippen LogP contribution in [0.15, 0.2) is 35.6 Å². The van der Waals surface area contributed by atoms with Crippen LogP contribution in [0.5, 0.6) is 5.75 Å². The highest BCUT2D eigenvalue weighted by molar-refractivity contribution is 7.98. The molecule has 4 rings (SSSR count). The first-order valence-corrected chi connectivity index (χ1v) is 10.2. The fourth-order valence-electron chi connectivity index (χ4n) is 4.00. The summed E-state index contributed by atoms with van der Waals surface area (Å²) in [6.45, 7) is 0.435. The summed E-state index contributed by atoms with van der Waals surface area (Å²) in [5.74, 6) is 0.989. The summed E-state index contributed by atoms with van der Waals surface area (Å²) in [7, 11) is 1.62. The highest BCUT2D eigenvalue weighted by Gasteiger charge is 2.50. The van der Waals surface area contributed by atoms with Crippen LogP contribution in [-0.4, -0.2) is 35.0 Å². The van der Waals surface area contributed by atoms with Crippen molar-refractivity contribution in [2.24, 2.45) is 0 Å². The van der Waals surface area contributed by atoms with Crippen LogP contribution in [0.3, 0.4) is 0 Å². The monoisotopic (exact) mass is 383 g/mol. The lowest BCUT2D eigenvalue weighted by Crippen LogP contribution is -2.53. The minimum atomic E-state index is -0.741. The number of ether oxygens (including phenoxy) is 1. The number of benzene rings is 1. The lowest BCUT2D eigenvalue weighted by atomic mass is 9.67. The number of carbonyl (C=O) groups is 2. The Balaban J connectivity index is 1.81. The Hall–Kier alpha value is -2.41. The first kappa shape index (κ1) is 18.0. The van der Waals surface area contributed by atoms with E-state index in [4.69, 9.17) is 9.72 Å². The number of thioether (sulfide) groups is 1. The largest absolute Gasteiger partial charge is 0.497 e. The van der Waals surface area contributed by atoms with Gasteiger partial charge in [-0.05, 0) is 43.4 Å². The van der Waals surface area contributed by atoms with Crippen LogP contribution in [-0.2, 0) is 21.5 Å². The zero-order valence-electron chi connectivity index (χ0n) is 15.4. The van der Waals surface area contributed by atoms with Crippen molar-refractivity contribution in [2.75, 3.05) is 18.3 Å². The molecule has 1 aromatic heterocycles. The number of hydrogen-bond acceptors (Lipinski definition) is 6. The van der Waals surface area contributed by atoms with Crippen LogP contribution in [0, 0.1) is 0 Å². The van der Waals surface area contributed by atoms with Crippen molar-refractivity contribution in [2.45, 2.75) is 42.8 Å². The Bertz CT molecular complexity index is 888. The van der Waals surface area contributed by atoms with Crippen LogP contribution in [0.2, 0.25) is 0 Å². The minimum Gasteiger partial charge on any atom is -0.497 e. The molecule has 1 fully saturated rings. The molecule has 1 saturated carbocycles. The molecule has 0 saturated heterocycles. The molecular formula is C20H21N3O3S. The number of anilines is 1. The van der Waals surface area contributed by atoms with Gasteiger partial charge in [-0.25, -0.2) is 9.97 Å². The van der Waals surface area contributed by atoms with Gasteiger partial charge in [0.2, 0.25) is 5.91 Å². The van der Waals surface area contributed by atoms with Gasteiger partial charge in [-0.15, -0.1) is 0 Å². The van der Waals surface area contributed by atoms with Gasteiger partial charge in [0.1, 0.15) is 11.5 Å². The maximum atomic E-state index is 13.6. The van der Waals surface area contributed by atoms with Crippen molar-refractivity contribution in [1.82, 2.24) is 9.97 Å². The molecule has 27 heavy (non-hydrogen) atoms. The molecule has 0 N–H and O–H groups in total. The number of methoxy groups -OCH3 is 1. The summed E-state index contributed by atoms with van der Waals surface area (Å²) in [6.07, 6.45) is 5.60. The summed E-state index contributed by atoms with van der Waals surface area (Å²) in [6, 6.07) is 7.48. The average molecular weight is 383 g/mol. The summed E-state index contributed by atoms with van der Waals surface area (Å²) in [5, 5.41) is 0.663. The predicted octanol–water partition coefficient (Wildman–Crippen LogP) is 3.13. The highest BCUT2D eigenvalue weighted by Crippen LogP contribution is 2.45. The summed E-state index contributed by atoms with van der Waals surface area (Å²) in [5.41, 5.74) is 1.84. The average Bonchev–Trinajstić information content (AvgIpc) is 2.72. The molecule has 1 amide bonds. The molecule has 1 aliphatic carbocycles. The Morgan fingerprint density at radius 3 is 2.48 bits per heavy atom. The van der Waals surface area contributed by atoms with E-state index in [1.807, 2.05) is 36.7 Å². The van der Waals surface area contributed by atoms with Gasteiger partial charge in [0, 0.05) is 30.3 Å². The molecule has 1 aliphatic heterocycles. The van der Waals surface area contributed by atoms with Gasteiger partial charge < -0.3 is 9.64 Å². The Kier molecular flexibility index (Phi) is 4.63. The first-order valence-electron chi connectivity index (χ1n) is 8.95. The van der Waals surface area contributed by atoms with Crippen molar-refractivity contribution in [3.8, 4) is 5.75 Å². The fourth-order valence-corrected chi connectivity index (χ4v) is 4.34. The van der Waals surface area contributed by atoms with Crippen molar-refractivity contribution in [3.63, 3.8) is 0 Å². The van der Waals surface area contributed by atoms with E-state index in [0.29, 0.717) is 37.4 Å². The third-order valence-electron chi connectivity index (χ3n) is 5.51. The lowest BCUT2D eigenvalue weighted by Gasteiger charge is -2.43. The van der Waals surface area contributed by atoms with Gasteiger partial charge in [-0.1, -0.05) is 11.8 Å². The maximum absolute atomic E-state index is 13.6. The van der Waals surface area contributed by atoms with Gasteiger partial charge in [0.25, 0.3) is 0 Å². The highest BCUT2D eigenvalue weighted by atomic mass is 32.2. The SMILES string of the molecule is COc1ccc(N2Cc3cnc(SC)nc3C3(CCC(=O)CC3)C2=O)cc1. The zero-order chi connectivity index (χ0) is 19.0. The van der Waals surface area contributed by atoms with Gasteiger partial charge in [-0.2, -0.15) is 0 Å². The zero-order valence-corrected chi connectivity index (χ0v) is 16.2. The molecule has 140 valence electrons. The van der Waals surface area contributed by atoms with E-state index in [2.05, 4.69) is 4.98 Å². The third-order valence-corrected chi connectivity index (χ3v) is 6.07. The summed E-state index contributed by atoms with van der Waals surface area (Å²) >= 11 is 1.46. The molecule has 0 unspecified atom stereocenters.